The number of hydrogen-bond acceptors (Lipinski definition) is 3. The molecule has 14 aromatic carbocycles. The van der Waals surface area contributed by atoms with Crippen molar-refractivity contribution < 1.29 is 0 Å². The monoisotopic (exact) mass is 1170 g/mol. The molecule has 0 spiro atoms. The zero-order valence-electron chi connectivity index (χ0n) is 51.0. The van der Waals surface area contributed by atoms with Crippen LogP contribution in [-0.2, 0) is 25.7 Å². The van der Waals surface area contributed by atoms with Crippen LogP contribution in [0, 0.1) is 0 Å². The molecule has 0 saturated carbocycles. The third-order valence-electron chi connectivity index (χ3n) is 16.6. The van der Waals surface area contributed by atoms with Gasteiger partial charge in [-0.25, -0.2) is 0 Å². The molecule has 0 bridgehead atoms. The molecule has 0 N–H and O–H groups in total. The van der Waals surface area contributed by atoms with E-state index in [9.17, 15) is 0 Å². The Bertz CT molecular complexity index is 4170. The average molecular weight is 1170 g/mol. The quantitative estimate of drug-likeness (QED) is 0.0799. The fraction of sp³-hybridized carbons (Fsp3) is 0.0455. The molecule has 0 aliphatic heterocycles. The molecule has 0 saturated heterocycles. The maximum absolute atomic E-state index is 2.30. The Morgan fingerprint density at radius 3 is 0.429 bits per heavy atom. The molecule has 438 valence electrons. The Morgan fingerprint density at radius 2 is 0.253 bits per heavy atom. The molecule has 0 radical (unpaired) electrons. The number of rotatable bonds is 19. The van der Waals surface area contributed by atoms with Crippen LogP contribution in [0.5, 0.6) is 0 Å². The molecule has 3 heteroatoms. The Morgan fingerprint density at radius 1 is 0.121 bits per heavy atom. The minimum atomic E-state index is 0.892. The standard InChI is InChI=1S/C50H40N2.C38H31N/c1-5-13-45(14-6-1)51(46-15-7-2-8-16-46)49-33-25-41(26-34-49)37-39-21-29-43(30-22-39)44-31-23-40(24-32-44)38-42-27-35-50(36-28-42)52(47-17-9-3-10-18-47)48-19-11-4-12-20-48;1-4-10-30(11-5-1)28-31-16-22-34(23-17-31)35-24-18-32(19-25-35)29-33-20-26-38(27-21-33)39(36-12-6-2-7-13-36)37-14-8-3-9-15-37/h1-36H,37-38H2;1-27H,28-29H2. The van der Waals surface area contributed by atoms with E-state index in [-0.39, 0.29) is 0 Å². The normalized spacial score (nSPS) is 10.8. The molecule has 14 rings (SSSR count). The molecule has 0 amide bonds. The Hall–Kier alpha value is -11.5. The minimum absolute atomic E-state index is 0.892. The lowest BCUT2D eigenvalue weighted by Gasteiger charge is -2.25. The van der Waals surface area contributed by atoms with E-state index in [0.29, 0.717) is 0 Å². The van der Waals surface area contributed by atoms with Crippen LogP contribution < -0.4 is 14.7 Å². The van der Waals surface area contributed by atoms with Gasteiger partial charge in [0.1, 0.15) is 0 Å². The molecule has 0 atom stereocenters. The minimum Gasteiger partial charge on any atom is -0.311 e. The van der Waals surface area contributed by atoms with Crippen LogP contribution in [-0.4, -0.2) is 0 Å². The first-order valence-corrected chi connectivity index (χ1v) is 31.5. The summed E-state index contributed by atoms with van der Waals surface area (Å²) in [5.41, 5.74) is 25.8. The maximum Gasteiger partial charge on any atom is 0.0461 e. The molecule has 0 aromatic heterocycles. The van der Waals surface area contributed by atoms with Crippen molar-refractivity contribution in [1.29, 1.82) is 0 Å². The number of nitrogens with zero attached hydrogens (tertiary/aromatic N) is 3. The summed E-state index contributed by atoms with van der Waals surface area (Å²) in [7, 11) is 0. The molecule has 91 heavy (non-hydrogen) atoms. The van der Waals surface area contributed by atoms with Gasteiger partial charge in [-0.15, -0.1) is 0 Å². The number of benzene rings is 14. The number of para-hydroxylation sites is 6. The second-order valence-corrected chi connectivity index (χ2v) is 23.0. The second kappa shape index (κ2) is 29.0. The van der Waals surface area contributed by atoms with Crippen molar-refractivity contribution in [2.45, 2.75) is 25.7 Å². The lowest BCUT2D eigenvalue weighted by molar-refractivity contribution is 1.18. The van der Waals surface area contributed by atoms with Crippen LogP contribution in [0.4, 0.5) is 51.2 Å². The van der Waals surface area contributed by atoms with E-state index < -0.39 is 0 Å². The topological polar surface area (TPSA) is 9.72 Å². The fourth-order valence-corrected chi connectivity index (χ4v) is 11.9. The van der Waals surface area contributed by atoms with Crippen molar-refractivity contribution in [2.24, 2.45) is 0 Å². The second-order valence-electron chi connectivity index (χ2n) is 23.0. The molecular formula is C88H71N3. The van der Waals surface area contributed by atoms with E-state index in [0.717, 1.165) is 76.9 Å². The highest BCUT2D eigenvalue weighted by molar-refractivity contribution is 5.79. The van der Waals surface area contributed by atoms with Gasteiger partial charge in [0.05, 0.1) is 0 Å². The largest absolute Gasteiger partial charge is 0.311 e. The summed E-state index contributed by atoms with van der Waals surface area (Å²) >= 11 is 0. The third kappa shape index (κ3) is 15.1. The first-order valence-electron chi connectivity index (χ1n) is 31.5. The van der Waals surface area contributed by atoms with Crippen molar-refractivity contribution in [2.75, 3.05) is 14.7 Å². The van der Waals surface area contributed by atoms with E-state index in [1.54, 1.807) is 0 Å². The van der Waals surface area contributed by atoms with Crippen molar-refractivity contribution >= 4 is 51.2 Å². The van der Waals surface area contributed by atoms with Gasteiger partial charge < -0.3 is 14.7 Å². The van der Waals surface area contributed by atoms with Gasteiger partial charge in [0, 0.05) is 51.2 Å². The van der Waals surface area contributed by atoms with Crippen molar-refractivity contribution in [1.82, 2.24) is 0 Å². The van der Waals surface area contributed by atoms with Crippen LogP contribution in [0.2, 0.25) is 0 Å². The van der Waals surface area contributed by atoms with E-state index in [1.807, 2.05) is 0 Å². The van der Waals surface area contributed by atoms with Gasteiger partial charge in [0.15, 0.2) is 0 Å². The molecule has 0 aliphatic rings. The summed E-state index contributed by atoms with van der Waals surface area (Å²) in [6.07, 6.45) is 3.66. The van der Waals surface area contributed by atoms with Crippen LogP contribution in [0.3, 0.4) is 0 Å². The Kier molecular flexibility index (Phi) is 18.6. The van der Waals surface area contributed by atoms with Crippen LogP contribution >= 0.6 is 0 Å². The van der Waals surface area contributed by atoms with Crippen molar-refractivity contribution in [3.05, 3.63) is 427 Å². The predicted octanol–water partition coefficient (Wildman–Crippen LogP) is 23.5. The van der Waals surface area contributed by atoms with Gasteiger partial charge in [0.25, 0.3) is 0 Å². The van der Waals surface area contributed by atoms with Crippen LogP contribution in [0.25, 0.3) is 22.3 Å². The molecule has 0 aliphatic carbocycles. The zero-order valence-corrected chi connectivity index (χ0v) is 51.0. The lowest BCUT2D eigenvalue weighted by atomic mass is 9.98. The van der Waals surface area contributed by atoms with Gasteiger partial charge in [-0.2, -0.15) is 0 Å². The van der Waals surface area contributed by atoms with E-state index >= 15 is 0 Å². The average Bonchev–Trinajstić information content (AvgIpc) is 2.81. The van der Waals surface area contributed by atoms with Gasteiger partial charge in [-0.1, -0.05) is 273 Å². The van der Waals surface area contributed by atoms with Crippen LogP contribution in [0.1, 0.15) is 44.5 Å². The molecular weight excluding hydrogens is 1100 g/mol. The molecule has 3 nitrogen and oxygen atoms in total. The Labute approximate surface area is 537 Å². The Balaban J connectivity index is 0.000000174. The predicted molar refractivity (Wildman–Crippen MR) is 385 cm³/mol. The molecule has 14 aromatic rings. The molecule has 0 heterocycles. The summed E-state index contributed by atoms with van der Waals surface area (Å²) in [6.45, 7) is 0. The smallest absolute Gasteiger partial charge is 0.0461 e. The third-order valence-corrected chi connectivity index (χ3v) is 16.6. The SMILES string of the molecule is c1ccc(Cc2ccc(-c3ccc(Cc4ccc(N(c5ccccc5)c5ccccc5)cc4)cc3)cc2)cc1.c1ccc(N(c2ccccc2)c2ccc(Cc3ccc(-c4ccc(Cc5ccc(N(c6ccccc6)c6ccccc6)cc5)cc4)cc3)cc2)cc1. The van der Waals surface area contributed by atoms with Gasteiger partial charge in [0.2, 0.25) is 0 Å². The van der Waals surface area contributed by atoms with Gasteiger partial charge >= 0.3 is 0 Å². The lowest BCUT2D eigenvalue weighted by Crippen LogP contribution is -2.09. The van der Waals surface area contributed by atoms with Crippen molar-refractivity contribution in [3.63, 3.8) is 0 Å². The highest BCUT2D eigenvalue weighted by Gasteiger charge is 2.16. The first kappa shape index (κ1) is 58.5. The summed E-state index contributed by atoms with van der Waals surface area (Å²) in [6, 6.07) is 137. The fourth-order valence-electron chi connectivity index (χ4n) is 11.9. The number of anilines is 9. The van der Waals surface area contributed by atoms with E-state index in [2.05, 4.69) is 397 Å². The maximum atomic E-state index is 2.30. The summed E-state index contributed by atoms with van der Waals surface area (Å²) in [4.78, 5) is 6.89. The zero-order chi connectivity index (χ0) is 61.2. The number of hydrogen-bond donors (Lipinski definition) is 0. The highest BCUT2D eigenvalue weighted by atomic mass is 15.2. The summed E-state index contributed by atoms with van der Waals surface area (Å²) < 4.78 is 0. The van der Waals surface area contributed by atoms with E-state index in [4.69, 9.17) is 0 Å². The van der Waals surface area contributed by atoms with Crippen LogP contribution in [0.15, 0.2) is 382 Å². The molecule has 0 unspecified atom stereocenters. The highest BCUT2D eigenvalue weighted by Crippen LogP contribution is 2.38. The first-order chi connectivity index (χ1) is 45.1. The molecule has 0 fully saturated rings. The summed E-state index contributed by atoms with van der Waals surface area (Å²) in [5.74, 6) is 0. The van der Waals surface area contributed by atoms with Gasteiger partial charge in [-0.05, 0) is 202 Å². The van der Waals surface area contributed by atoms with E-state index in [1.165, 1.54) is 66.8 Å². The van der Waals surface area contributed by atoms with Crippen molar-refractivity contribution in [3.8, 4) is 22.3 Å². The van der Waals surface area contributed by atoms with Gasteiger partial charge in [-0.3, -0.25) is 0 Å². The summed E-state index contributed by atoms with van der Waals surface area (Å²) in [5, 5.41) is 0.